The summed E-state index contributed by atoms with van der Waals surface area (Å²) in [7, 11) is 0. The van der Waals surface area contributed by atoms with Crippen LogP contribution in [0, 0.1) is 0 Å². The van der Waals surface area contributed by atoms with Gasteiger partial charge in [0.25, 0.3) is 0 Å². The molecular weight excluding hydrogens is 148 g/mol. The molecule has 1 aromatic carbocycles. The molecule has 0 saturated carbocycles. The number of para-hydroxylation sites is 1. The summed E-state index contributed by atoms with van der Waals surface area (Å²) in [5, 5.41) is 3.09. The predicted molar refractivity (Wildman–Crippen MR) is 53.7 cm³/mol. The van der Waals surface area contributed by atoms with Gasteiger partial charge in [-0.1, -0.05) is 25.1 Å². The van der Waals surface area contributed by atoms with Crippen molar-refractivity contribution in [3.05, 3.63) is 30.3 Å². The van der Waals surface area contributed by atoms with Crippen molar-refractivity contribution >= 4 is 12.0 Å². The molecule has 0 unspecified atom stereocenters. The maximum absolute atomic E-state index is 4.15. The summed E-state index contributed by atoms with van der Waals surface area (Å²) in [4.78, 5) is 4.15. The van der Waals surface area contributed by atoms with Crippen molar-refractivity contribution in [2.45, 2.75) is 13.3 Å². The summed E-state index contributed by atoms with van der Waals surface area (Å²) in [5.74, 6) is 0. The fourth-order valence-electron chi connectivity index (χ4n) is 0.848. The molecule has 0 aliphatic heterocycles. The van der Waals surface area contributed by atoms with Crippen LogP contribution in [0.2, 0.25) is 0 Å². The smallest absolute Gasteiger partial charge is 0.0867 e. The predicted octanol–water partition coefficient (Wildman–Crippen LogP) is 2.54. The van der Waals surface area contributed by atoms with E-state index >= 15 is 0 Å². The number of anilines is 1. The largest absolute Gasteiger partial charge is 0.347 e. The molecule has 0 spiro atoms. The Kier molecular flexibility index (Phi) is 3.92. The normalized spacial score (nSPS) is 10.4. The number of benzene rings is 1. The van der Waals surface area contributed by atoms with E-state index in [4.69, 9.17) is 0 Å². The molecule has 0 aliphatic rings. The van der Waals surface area contributed by atoms with E-state index in [9.17, 15) is 0 Å². The Bertz CT molecular complexity index is 229. The minimum atomic E-state index is 0.889. The molecule has 2 nitrogen and oxygen atoms in total. The first-order chi connectivity index (χ1) is 5.93. The zero-order chi connectivity index (χ0) is 8.65. The highest BCUT2D eigenvalue weighted by molar-refractivity contribution is 5.75. The lowest BCUT2D eigenvalue weighted by Crippen LogP contribution is -1.94. The van der Waals surface area contributed by atoms with Gasteiger partial charge in [-0.15, -0.1) is 0 Å². The molecular formula is C10H14N2. The highest BCUT2D eigenvalue weighted by Gasteiger charge is 1.82. The van der Waals surface area contributed by atoms with Gasteiger partial charge in [-0.2, -0.15) is 0 Å². The Labute approximate surface area is 73.3 Å². The fourth-order valence-corrected chi connectivity index (χ4v) is 0.848. The molecule has 2 heteroatoms. The SMILES string of the molecule is CCCN=CNc1ccccc1. The molecule has 0 aliphatic carbocycles. The summed E-state index contributed by atoms with van der Waals surface area (Å²) < 4.78 is 0. The van der Waals surface area contributed by atoms with Crippen LogP contribution >= 0.6 is 0 Å². The lowest BCUT2D eigenvalue weighted by atomic mass is 10.3. The number of aliphatic imine (C=N–C) groups is 1. The van der Waals surface area contributed by atoms with E-state index in [2.05, 4.69) is 17.2 Å². The standard InChI is InChI=1S/C10H14N2/c1-2-8-11-9-12-10-6-4-3-5-7-10/h3-7,9H,2,8H2,1H3,(H,11,12). The van der Waals surface area contributed by atoms with Crippen LogP contribution in [0.4, 0.5) is 5.69 Å². The molecule has 0 amide bonds. The van der Waals surface area contributed by atoms with E-state index in [0.717, 1.165) is 18.7 Å². The van der Waals surface area contributed by atoms with E-state index in [0.29, 0.717) is 0 Å². The van der Waals surface area contributed by atoms with Crippen LogP contribution in [0.15, 0.2) is 35.3 Å². The Hall–Kier alpha value is -1.31. The van der Waals surface area contributed by atoms with Gasteiger partial charge in [0.2, 0.25) is 0 Å². The Morgan fingerprint density at radius 2 is 2.08 bits per heavy atom. The molecule has 0 saturated heterocycles. The van der Waals surface area contributed by atoms with Crippen molar-refractivity contribution in [3.8, 4) is 0 Å². The van der Waals surface area contributed by atoms with Gasteiger partial charge < -0.3 is 5.32 Å². The van der Waals surface area contributed by atoms with Gasteiger partial charge in [0, 0.05) is 12.2 Å². The first kappa shape index (κ1) is 8.78. The molecule has 12 heavy (non-hydrogen) atoms. The van der Waals surface area contributed by atoms with E-state index in [1.165, 1.54) is 0 Å². The number of nitrogens with one attached hydrogen (secondary N) is 1. The lowest BCUT2D eigenvalue weighted by Gasteiger charge is -1.97. The fraction of sp³-hybridized carbons (Fsp3) is 0.300. The third kappa shape index (κ3) is 3.19. The first-order valence-corrected chi connectivity index (χ1v) is 4.23. The van der Waals surface area contributed by atoms with Crippen molar-refractivity contribution in [1.82, 2.24) is 0 Å². The molecule has 1 N–H and O–H groups in total. The van der Waals surface area contributed by atoms with Crippen LogP contribution in [0.3, 0.4) is 0 Å². The van der Waals surface area contributed by atoms with Crippen molar-refractivity contribution in [2.24, 2.45) is 4.99 Å². The summed E-state index contributed by atoms with van der Waals surface area (Å²) in [6.45, 7) is 3.00. The second-order valence-electron chi connectivity index (χ2n) is 2.55. The van der Waals surface area contributed by atoms with E-state index in [-0.39, 0.29) is 0 Å². The summed E-state index contributed by atoms with van der Waals surface area (Å²) in [5.41, 5.74) is 1.08. The van der Waals surface area contributed by atoms with E-state index in [1.54, 1.807) is 6.34 Å². The van der Waals surface area contributed by atoms with Crippen molar-refractivity contribution in [2.75, 3.05) is 11.9 Å². The topological polar surface area (TPSA) is 24.4 Å². The number of hydrogen-bond donors (Lipinski definition) is 1. The van der Waals surface area contributed by atoms with Gasteiger partial charge in [-0.3, -0.25) is 4.99 Å². The summed E-state index contributed by atoms with van der Waals surface area (Å²) in [6, 6.07) is 10.0. The molecule has 0 aromatic heterocycles. The quantitative estimate of drug-likeness (QED) is 0.534. The summed E-state index contributed by atoms with van der Waals surface area (Å²) in [6.07, 6.45) is 2.84. The Balaban J connectivity index is 2.33. The Morgan fingerprint density at radius 3 is 2.75 bits per heavy atom. The monoisotopic (exact) mass is 162 g/mol. The van der Waals surface area contributed by atoms with Crippen LogP contribution in [-0.4, -0.2) is 12.9 Å². The van der Waals surface area contributed by atoms with Crippen molar-refractivity contribution in [1.29, 1.82) is 0 Å². The third-order valence-corrected chi connectivity index (χ3v) is 1.45. The maximum Gasteiger partial charge on any atom is 0.0867 e. The van der Waals surface area contributed by atoms with Gasteiger partial charge >= 0.3 is 0 Å². The maximum atomic E-state index is 4.15. The number of nitrogens with zero attached hydrogens (tertiary/aromatic N) is 1. The molecule has 1 aromatic rings. The van der Waals surface area contributed by atoms with Crippen molar-refractivity contribution < 1.29 is 0 Å². The lowest BCUT2D eigenvalue weighted by molar-refractivity contribution is 0.936. The second-order valence-corrected chi connectivity index (χ2v) is 2.55. The first-order valence-electron chi connectivity index (χ1n) is 4.23. The third-order valence-electron chi connectivity index (χ3n) is 1.45. The van der Waals surface area contributed by atoms with Crippen LogP contribution in [0.25, 0.3) is 0 Å². The van der Waals surface area contributed by atoms with Crippen LogP contribution in [-0.2, 0) is 0 Å². The average Bonchev–Trinajstić information content (AvgIpc) is 2.14. The van der Waals surface area contributed by atoms with Gasteiger partial charge in [0.1, 0.15) is 0 Å². The van der Waals surface area contributed by atoms with E-state index < -0.39 is 0 Å². The van der Waals surface area contributed by atoms with Crippen LogP contribution in [0.5, 0.6) is 0 Å². The minimum absolute atomic E-state index is 0.889. The molecule has 64 valence electrons. The van der Waals surface area contributed by atoms with Gasteiger partial charge in [-0.25, -0.2) is 0 Å². The zero-order valence-electron chi connectivity index (χ0n) is 7.33. The molecule has 0 fully saturated rings. The van der Waals surface area contributed by atoms with Gasteiger partial charge in [0.15, 0.2) is 0 Å². The van der Waals surface area contributed by atoms with Gasteiger partial charge in [0.05, 0.1) is 6.34 Å². The molecule has 0 heterocycles. The molecule has 0 bridgehead atoms. The average molecular weight is 162 g/mol. The highest BCUT2D eigenvalue weighted by atomic mass is 14.9. The Morgan fingerprint density at radius 1 is 1.33 bits per heavy atom. The summed E-state index contributed by atoms with van der Waals surface area (Å²) >= 11 is 0. The highest BCUT2D eigenvalue weighted by Crippen LogP contribution is 2.02. The number of rotatable bonds is 4. The second kappa shape index (κ2) is 5.35. The minimum Gasteiger partial charge on any atom is -0.347 e. The molecule has 0 radical (unpaired) electrons. The van der Waals surface area contributed by atoms with Gasteiger partial charge in [-0.05, 0) is 18.6 Å². The zero-order valence-corrected chi connectivity index (χ0v) is 7.33. The van der Waals surface area contributed by atoms with Crippen molar-refractivity contribution in [3.63, 3.8) is 0 Å². The van der Waals surface area contributed by atoms with Crippen LogP contribution < -0.4 is 5.32 Å². The molecule has 0 atom stereocenters. The van der Waals surface area contributed by atoms with Crippen LogP contribution in [0.1, 0.15) is 13.3 Å². The van der Waals surface area contributed by atoms with E-state index in [1.807, 2.05) is 30.3 Å². The number of hydrogen-bond acceptors (Lipinski definition) is 1. The molecule has 1 rings (SSSR count).